The highest BCUT2D eigenvalue weighted by Crippen LogP contribution is 2.23. The van der Waals surface area contributed by atoms with E-state index < -0.39 is 0 Å². The van der Waals surface area contributed by atoms with Crippen molar-refractivity contribution < 1.29 is 4.74 Å². The van der Waals surface area contributed by atoms with E-state index >= 15 is 0 Å². The lowest BCUT2D eigenvalue weighted by atomic mass is 10.3. The zero-order chi connectivity index (χ0) is 12.1. The van der Waals surface area contributed by atoms with Gasteiger partial charge < -0.3 is 10.1 Å². The van der Waals surface area contributed by atoms with Crippen molar-refractivity contribution in [3.05, 3.63) is 42.5 Å². The summed E-state index contributed by atoms with van der Waals surface area (Å²) in [6, 6.07) is 13.6. The summed E-state index contributed by atoms with van der Waals surface area (Å²) in [6.07, 6.45) is 2.05. The third-order valence-electron chi connectivity index (χ3n) is 2.26. The Kier molecular flexibility index (Phi) is 3.88. The van der Waals surface area contributed by atoms with Gasteiger partial charge in [-0.25, -0.2) is 0 Å². The zero-order valence-corrected chi connectivity index (χ0v) is 10.6. The van der Waals surface area contributed by atoms with Crippen LogP contribution in [0, 0.1) is 0 Å². The number of benzene rings is 1. The molecular formula is C13H14N2OS. The molecule has 2 aromatic rings. The molecule has 88 valence electrons. The first-order chi connectivity index (χ1) is 8.31. The van der Waals surface area contributed by atoms with E-state index in [1.807, 2.05) is 55.8 Å². The molecule has 0 atom stereocenters. The maximum atomic E-state index is 5.66. The summed E-state index contributed by atoms with van der Waals surface area (Å²) in [6.45, 7) is 0. The Morgan fingerprint density at radius 1 is 1.12 bits per heavy atom. The fourth-order valence-electron chi connectivity index (χ4n) is 1.38. The lowest BCUT2D eigenvalue weighted by Gasteiger charge is -2.06. The molecule has 0 aliphatic carbocycles. The first-order valence-corrected chi connectivity index (χ1v) is 6.51. The highest BCUT2D eigenvalue weighted by molar-refractivity contribution is 7.98. The third-order valence-corrected chi connectivity index (χ3v) is 3.01. The molecule has 0 amide bonds. The van der Waals surface area contributed by atoms with Crippen LogP contribution in [0.5, 0.6) is 11.6 Å². The number of nitrogens with one attached hydrogen (secondary N) is 1. The van der Waals surface area contributed by atoms with Gasteiger partial charge in [-0.15, -0.1) is 11.8 Å². The molecule has 1 aromatic carbocycles. The van der Waals surface area contributed by atoms with Crippen molar-refractivity contribution in [2.24, 2.45) is 0 Å². The average molecular weight is 246 g/mol. The Morgan fingerprint density at radius 2 is 1.88 bits per heavy atom. The lowest BCUT2D eigenvalue weighted by molar-refractivity contribution is 0.463. The van der Waals surface area contributed by atoms with Crippen LogP contribution in [0.25, 0.3) is 0 Å². The van der Waals surface area contributed by atoms with Crippen LogP contribution >= 0.6 is 11.8 Å². The molecule has 1 heterocycles. The minimum atomic E-state index is 0.591. The van der Waals surface area contributed by atoms with Crippen molar-refractivity contribution in [3.63, 3.8) is 0 Å². The van der Waals surface area contributed by atoms with Gasteiger partial charge in [-0.05, 0) is 36.6 Å². The van der Waals surface area contributed by atoms with Gasteiger partial charge in [0.05, 0.1) is 0 Å². The van der Waals surface area contributed by atoms with Crippen LogP contribution in [0.4, 0.5) is 5.82 Å². The summed E-state index contributed by atoms with van der Waals surface area (Å²) in [4.78, 5) is 5.51. The van der Waals surface area contributed by atoms with Crippen molar-refractivity contribution in [2.75, 3.05) is 18.6 Å². The largest absolute Gasteiger partial charge is 0.439 e. The van der Waals surface area contributed by atoms with Crippen LogP contribution in [-0.4, -0.2) is 18.3 Å². The van der Waals surface area contributed by atoms with Gasteiger partial charge in [0.15, 0.2) is 0 Å². The van der Waals surface area contributed by atoms with Gasteiger partial charge in [-0.1, -0.05) is 6.07 Å². The number of hydrogen-bond acceptors (Lipinski definition) is 4. The minimum Gasteiger partial charge on any atom is -0.439 e. The number of aromatic nitrogens is 1. The van der Waals surface area contributed by atoms with Crippen molar-refractivity contribution in [2.45, 2.75) is 4.90 Å². The molecule has 4 heteroatoms. The quantitative estimate of drug-likeness (QED) is 0.835. The molecule has 0 saturated carbocycles. The van der Waals surface area contributed by atoms with E-state index in [4.69, 9.17) is 4.74 Å². The van der Waals surface area contributed by atoms with Crippen LogP contribution in [0.3, 0.4) is 0 Å². The Balaban J connectivity index is 2.13. The maximum Gasteiger partial charge on any atom is 0.221 e. The second-order valence-electron chi connectivity index (χ2n) is 3.39. The molecule has 0 fully saturated rings. The van der Waals surface area contributed by atoms with Crippen molar-refractivity contribution in [3.8, 4) is 11.6 Å². The molecule has 2 rings (SSSR count). The first kappa shape index (κ1) is 11.8. The Labute approximate surface area is 105 Å². The van der Waals surface area contributed by atoms with Gasteiger partial charge in [-0.3, -0.25) is 0 Å². The number of ether oxygens (including phenoxy) is 1. The molecule has 0 saturated heterocycles. The number of anilines is 1. The van der Waals surface area contributed by atoms with E-state index in [0.29, 0.717) is 5.88 Å². The fourth-order valence-corrected chi connectivity index (χ4v) is 1.78. The van der Waals surface area contributed by atoms with Crippen molar-refractivity contribution >= 4 is 17.6 Å². The molecule has 17 heavy (non-hydrogen) atoms. The predicted octanol–water partition coefficient (Wildman–Crippen LogP) is 3.64. The monoisotopic (exact) mass is 246 g/mol. The molecule has 0 spiro atoms. The highest BCUT2D eigenvalue weighted by Gasteiger charge is 1.99. The summed E-state index contributed by atoms with van der Waals surface area (Å²) in [5.74, 6) is 2.18. The third kappa shape index (κ3) is 3.14. The lowest BCUT2D eigenvalue weighted by Crippen LogP contribution is -1.94. The topological polar surface area (TPSA) is 34.1 Å². The number of thioether (sulfide) groups is 1. The summed E-state index contributed by atoms with van der Waals surface area (Å²) in [5.41, 5.74) is 0. The molecule has 0 radical (unpaired) electrons. The van der Waals surface area contributed by atoms with E-state index in [9.17, 15) is 0 Å². The van der Waals surface area contributed by atoms with Gasteiger partial charge in [0.25, 0.3) is 0 Å². The zero-order valence-electron chi connectivity index (χ0n) is 9.81. The second kappa shape index (κ2) is 5.59. The van der Waals surface area contributed by atoms with E-state index in [1.54, 1.807) is 11.8 Å². The molecule has 1 N–H and O–H groups in total. The predicted molar refractivity (Wildman–Crippen MR) is 72.1 cm³/mol. The summed E-state index contributed by atoms with van der Waals surface area (Å²) >= 11 is 1.71. The number of pyridine rings is 1. The second-order valence-corrected chi connectivity index (χ2v) is 4.27. The molecule has 0 unspecified atom stereocenters. The maximum absolute atomic E-state index is 5.66. The number of rotatable bonds is 4. The van der Waals surface area contributed by atoms with Gasteiger partial charge in [0, 0.05) is 18.0 Å². The summed E-state index contributed by atoms with van der Waals surface area (Å²) in [5, 5.41) is 2.98. The molecule has 1 aromatic heterocycles. The van der Waals surface area contributed by atoms with E-state index in [2.05, 4.69) is 10.3 Å². The smallest absolute Gasteiger partial charge is 0.221 e. The van der Waals surface area contributed by atoms with E-state index in [0.717, 1.165) is 11.6 Å². The Bertz CT molecular complexity index is 485. The Hall–Kier alpha value is -1.68. The summed E-state index contributed by atoms with van der Waals surface area (Å²) in [7, 11) is 1.83. The van der Waals surface area contributed by atoms with E-state index in [1.165, 1.54) is 4.90 Å². The molecule has 0 aliphatic rings. The SMILES string of the molecule is CNc1cccc(Oc2ccc(SC)cc2)n1. The van der Waals surface area contributed by atoms with Crippen LogP contribution in [-0.2, 0) is 0 Å². The van der Waals surface area contributed by atoms with Crippen LogP contribution in [0.1, 0.15) is 0 Å². The normalized spacial score (nSPS) is 10.0. The van der Waals surface area contributed by atoms with Crippen LogP contribution in [0.2, 0.25) is 0 Å². The van der Waals surface area contributed by atoms with Crippen LogP contribution < -0.4 is 10.1 Å². The first-order valence-electron chi connectivity index (χ1n) is 5.28. The molecule has 0 aliphatic heterocycles. The molecule has 3 nitrogen and oxygen atoms in total. The van der Waals surface area contributed by atoms with Gasteiger partial charge in [0.1, 0.15) is 11.6 Å². The minimum absolute atomic E-state index is 0.591. The number of nitrogens with zero attached hydrogens (tertiary/aromatic N) is 1. The van der Waals surface area contributed by atoms with E-state index in [-0.39, 0.29) is 0 Å². The van der Waals surface area contributed by atoms with Crippen LogP contribution in [0.15, 0.2) is 47.4 Å². The molecular weight excluding hydrogens is 232 g/mol. The Morgan fingerprint density at radius 3 is 2.53 bits per heavy atom. The number of hydrogen-bond donors (Lipinski definition) is 1. The van der Waals surface area contributed by atoms with Crippen molar-refractivity contribution in [1.82, 2.24) is 4.98 Å². The van der Waals surface area contributed by atoms with Gasteiger partial charge in [-0.2, -0.15) is 4.98 Å². The molecule has 0 bridgehead atoms. The average Bonchev–Trinajstić information content (AvgIpc) is 2.40. The van der Waals surface area contributed by atoms with Gasteiger partial charge >= 0.3 is 0 Å². The fraction of sp³-hybridized carbons (Fsp3) is 0.154. The highest BCUT2D eigenvalue weighted by atomic mass is 32.2. The van der Waals surface area contributed by atoms with Crippen molar-refractivity contribution in [1.29, 1.82) is 0 Å². The summed E-state index contributed by atoms with van der Waals surface area (Å²) < 4.78 is 5.66. The standard InChI is InChI=1S/C13H14N2OS/c1-14-12-4-3-5-13(15-12)16-10-6-8-11(17-2)9-7-10/h3-9H,1-2H3,(H,14,15). The van der Waals surface area contributed by atoms with Gasteiger partial charge in [0.2, 0.25) is 5.88 Å².